The summed E-state index contributed by atoms with van der Waals surface area (Å²) >= 11 is 0. The van der Waals surface area contributed by atoms with Crippen molar-refractivity contribution in [1.82, 2.24) is 4.90 Å². The molecule has 2 aromatic rings. The number of fused-ring (bicyclic) bond motifs is 1. The number of ether oxygens (including phenoxy) is 3. The van der Waals surface area contributed by atoms with E-state index in [-0.39, 0.29) is 12.8 Å². The molecule has 142 valence electrons. The smallest absolute Gasteiger partial charge is 0.321 e. The van der Waals surface area contributed by atoms with Gasteiger partial charge in [-0.2, -0.15) is 0 Å². The number of amides is 2. The summed E-state index contributed by atoms with van der Waals surface area (Å²) < 4.78 is 16.4. The van der Waals surface area contributed by atoms with Crippen molar-refractivity contribution in [2.75, 3.05) is 49.8 Å². The molecular weight excluding hydrogens is 346 g/mol. The second-order valence-corrected chi connectivity index (χ2v) is 6.37. The summed E-state index contributed by atoms with van der Waals surface area (Å²) in [7, 11) is 0. The average molecular weight is 369 g/mol. The Morgan fingerprint density at radius 3 is 2.67 bits per heavy atom. The van der Waals surface area contributed by atoms with Crippen LogP contribution in [0.15, 0.2) is 42.5 Å². The monoisotopic (exact) mass is 369 g/mol. The number of nitrogens with zero attached hydrogens (tertiary/aromatic N) is 2. The molecule has 7 nitrogen and oxygen atoms in total. The number of piperazine rings is 1. The Morgan fingerprint density at radius 1 is 1.07 bits per heavy atom. The van der Waals surface area contributed by atoms with E-state index in [1.165, 1.54) is 0 Å². The van der Waals surface area contributed by atoms with Crippen LogP contribution >= 0.6 is 0 Å². The zero-order chi connectivity index (χ0) is 18.6. The first-order valence-electron chi connectivity index (χ1n) is 9.17. The standard InChI is InChI=1S/C20H23N3O4/c1-2-25-17-6-4-3-5-16(17)22-9-11-23(12-10-22)20(24)21-15-7-8-18-19(13-15)27-14-26-18/h3-8,13H,2,9-12,14H2,1H3,(H,21,24). The number of anilines is 2. The first-order chi connectivity index (χ1) is 13.2. The Morgan fingerprint density at radius 2 is 1.85 bits per heavy atom. The predicted octanol–water partition coefficient (Wildman–Crippen LogP) is 3.17. The van der Waals surface area contributed by atoms with Gasteiger partial charge in [0.2, 0.25) is 6.79 Å². The third-order valence-electron chi connectivity index (χ3n) is 4.70. The topological polar surface area (TPSA) is 63.3 Å². The van der Waals surface area contributed by atoms with Gasteiger partial charge in [-0.05, 0) is 31.2 Å². The predicted molar refractivity (Wildman–Crippen MR) is 103 cm³/mol. The van der Waals surface area contributed by atoms with Gasteiger partial charge < -0.3 is 29.3 Å². The van der Waals surface area contributed by atoms with Crippen molar-refractivity contribution in [3.8, 4) is 17.2 Å². The van der Waals surface area contributed by atoms with Crippen LogP contribution in [0.25, 0.3) is 0 Å². The van der Waals surface area contributed by atoms with Crippen LogP contribution in [0.1, 0.15) is 6.92 Å². The van der Waals surface area contributed by atoms with Crippen molar-refractivity contribution in [3.05, 3.63) is 42.5 Å². The van der Waals surface area contributed by atoms with Crippen LogP contribution in [0.4, 0.5) is 16.2 Å². The van der Waals surface area contributed by atoms with Gasteiger partial charge in [0.05, 0.1) is 12.3 Å². The lowest BCUT2D eigenvalue weighted by Gasteiger charge is -2.36. The number of para-hydroxylation sites is 2. The summed E-state index contributed by atoms with van der Waals surface area (Å²) in [6.07, 6.45) is 0. The van der Waals surface area contributed by atoms with E-state index in [0.717, 1.165) is 24.5 Å². The maximum Gasteiger partial charge on any atom is 0.321 e. The molecule has 2 aliphatic rings. The summed E-state index contributed by atoms with van der Waals surface area (Å²) in [5, 5.41) is 2.94. The molecule has 0 unspecified atom stereocenters. The highest BCUT2D eigenvalue weighted by Crippen LogP contribution is 2.34. The zero-order valence-electron chi connectivity index (χ0n) is 15.3. The number of hydrogen-bond acceptors (Lipinski definition) is 5. The lowest BCUT2D eigenvalue weighted by molar-refractivity contribution is 0.174. The number of benzene rings is 2. The van der Waals surface area contributed by atoms with E-state index in [1.54, 1.807) is 12.1 Å². The molecule has 0 radical (unpaired) electrons. The van der Waals surface area contributed by atoms with Crippen LogP contribution in [-0.2, 0) is 0 Å². The van der Waals surface area contributed by atoms with E-state index >= 15 is 0 Å². The molecule has 2 heterocycles. The Labute approximate surface area is 158 Å². The summed E-state index contributed by atoms with van der Waals surface area (Å²) in [5.74, 6) is 2.25. The van der Waals surface area contributed by atoms with E-state index in [9.17, 15) is 4.79 Å². The number of urea groups is 1. The van der Waals surface area contributed by atoms with Gasteiger partial charge in [-0.15, -0.1) is 0 Å². The Hall–Kier alpha value is -3.09. The molecule has 2 aliphatic heterocycles. The molecular formula is C20H23N3O4. The summed E-state index contributed by atoms with van der Waals surface area (Å²) in [4.78, 5) is 16.7. The van der Waals surface area contributed by atoms with Crippen molar-refractivity contribution >= 4 is 17.4 Å². The lowest BCUT2D eigenvalue weighted by Crippen LogP contribution is -2.50. The third kappa shape index (κ3) is 3.72. The van der Waals surface area contributed by atoms with Crippen molar-refractivity contribution in [2.24, 2.45) is 0 Å². The highest BCUT2D eigenvalue weighted by atomic mass is 16.7. The molecule has 27 heavy (non-hydrogen) atoms. The maximum atomic E-state index is 12.6. The summed E-state index contributed by atoms with van der Waals surface area (Å²) in [6, 6.07) is 13.3. The third-order valence-corrected chi connectivity index (χ3v) is 4.70. The number of rotatable bonds is 4. The van der Waals surface area contributed by atoms with Crippen molar-refractivity contribution < 1.29 is 19.0 Å². The van der Waals surface area contributed by atoms with Gasteiger partial charge in [-0.3, -0.25) is 0 Å². The van der Waals surface area contributed by atoms with Gasteiger partial charge in [0, 0.05) is 37.9 Å². The highest BCUT2D eigenvalue weighted by molar-refractivity contribution is 5.90. The Kier molecular flexibility index (Phi) is 4.91. The number of hydrogen-bond donors (Lipinski definition) is 1. The van der Waals surface area contributed by atoms with Crippen LogP contribution in [0.2, 0.25) is 0 Å². The highest BCUT2D eigenvalue weighted by Gasteiger charge is 2.23. The fourth-order valence-electron chi connectivity index (χ4n) is 3.32. The van der Waals surface area contributed by atoms with E-state index in [1.807, 2.05) is 36.1 Å². The van der Waals surface area contributed by atoms with Crippen molar-refractivity contribution in [3.63, 3.8) is 0 Å². The van der Waals surface area contributed by atoms with Gasteiger partial charge in [-0.25, -0.2) is 4.79 Å². The fraction of sp³-hybridized carbons (Fsp3) is 0.350. The van der Waals surface area contributed by atoms with Crippen molar-refractivity contribution in [1.29, 1.82) is 0 Å². The molecule has 7 heteroatoms. The number of carbonyl (C=O) groups is 1. The zero-order valence-corrected chi connectivity index (χ0v) is 15.3. The van der Waals surface area contributed by atoms with E-state index in [0.29, 0.717) is 36.9 Å². The van der Waals surface area contributed by atoms with E-state index in [2.05, 4.69) is 16.3 Å². The molecule has 1 saturated heterocycles. The molecule has 0 saturated carbocycles. The lowest BCUT2D eigenvalue weighted by atomic mass is 10.2. The second-order valence-electron chi connectivity index (χ2n) is 6.37. The van der Waals surface area contributed by atoms with Crippen LogP contribution < -0.4 is 24.4 Å². The fourth-order valence-corrected chi connectivity index (χ4v) is 3.32. The molecule has 0 bridgehead atoms. The van der Waals surface area contributed by atoms with Crippen LogP contribution in [0, 0.1) is 0 Å². The van der Waals surface area contributed by atoms with Gasteiger partial charge in [0.15, 0.2) is 11.5 Å². The first-order valence-corrected chi connectivity index (χ1v) is 9.17. The molecule has 0 atom stereocenters. The summed E-state index contributed by atoms with van der Waals surface area (Å²) in [5.41, 5.74) is 1.78. The van der Waals surface area contributed by atoms with Crippen molar-refractivity contribution in [2.45, 2.75) is 6.92 Å². The SMILES string of the molecule is CCOc1ccccc1N1CCN(C(=O)Nc2ccc3c(c2)OCO3)CC1. The van der Waals surface area contributed by atoms with Crippen LogP contribution in [0.3, 0.4) is 0 Å². The molecule has 1 fully saturated rings. The van der Waals surface area contributed by atoms with Gasteiger partial charge in [0.25, 0.3) is 0 Å². The number of nitrogens with one attached hydrogen (secondary N) is 1. The second kappa shape index (κ2) is 7.65. The van der Waals surface area contributed by atoms with Gasteiger partial charge in [-0.1, -0.05) is 12.1 Å². The van der Waals surface area contributed by atoms with Gasteiger partial charge >= 0.3 is 6.03 Å². The summed E-state index contributed by atoms with van der Waals surface area (Å²) in [6.45, 7) is 5.66. The molecule has 2 amide bonds. The minimum atomic E-state index is -0.105. The maximum absolute atomic E-state index is 12.6. The molecule has 0 spiro atoms. The molecule has 0 aliphatic carbocycles. The largest absolute Gasteiger partial charge is 0.492 e. The Balaban J connectivity index is 1.36. The van der Waals surface area contributed by atoms with Crippen LogP contribution in [0.5, 0.6) is 17.2 Å². The average Bonchev–Trinajstić information content (AvgIpc) is 3.17. The number of carbonyl (C=O) groups excluding carboxylic acids is 1. The van der Waals surface area contributed by atoms with E-state index < -0.39 is 0 Å². The molecule has 0 aromatic heterocycles. The first kappa shape index (κ1) is 17.3. The minimum absolute atomic E-state index is 0.105. The molecule has 1 N–H and O–H groups in total. The molecule has 4 rings (SSSR count). The van der Waals surface area contributed by atoms with Gasteiger partial charge in [0.1, 0.15) is 5.75 Å². The van der Waals surface area contributed by atoms with Crippen LogP contribution in [-0.4, -0.2) is 50.5 Å². The minimum Gasteiger partial charge on any atom is -0.492 e. The Bertz CT molecular complexity index is 819. The normalized spacial score (nSPS) is 15.6. The quantitative estimate of drug-likeness (QED) is 0.897. The van der Waals surface area contributed by atoms with E-state index in [4.69, 9.17) is 14.2 Å². The molecule has 2 aromatic carbocycles.